The topological polar surface area (TPSA) is 68.3 Å². The maximum Gasteiger partial charge on any atom is 0.0963 e. The molecular weight excluding hydrogens is 216 g/mol. The highest BCUT2D eigenvalue weighted by Gasteiger charge is 2.20. The highest BCUT2D eigenvalue weighted by molar-refractivity contribution is 5.82. The van der Waals surface area contributed by atoms with E-state index >= 15 is 0 Å². The van der Waals surface area contributed by atoms with E-state index in [1.165, 1.54) is 0 Å². The molecule has 4 nitrogen and oxygen atoms in total. The predicted molar refractivity (Wildman–Crippen MR) is 71.5 cm³/mol. The normalized spacial score (nSPS) is 13.6. The Balaban J connectivity index is 3.49. The van der Waals surface area contributed by atoms with E-state index in [9.17, 15) is 0 Å². The fourth-order valence-corrected chi connectivity index (χ4v) is 1.42. The molecule has 0 aromatic carbocycles. The molecule has 0 radical (unpaired) electrons. The monoisotopic (exact) mass is 244 g/mol. The lowest BCUT2D eigenvalue weighted by Gasteiger charge is -2.22. The van der Waals surface area contributed by atoms with Crippen molar-refractivity contribution in [2.45, 2.75) is 53.1 Å². The first-order valence-electron chi connectivity index (χ1n) is 6.44. The van der Waals surface area contributed by atoms with Crippen molar-refractivity contribution in [3.63, 3.8) is 0 Å². The van der Waals surface area contributed by atoms with Crippen molar-refractivity contribution < 1.29 is 9.47 Å². The molecule has 102 valence electrons. The Bertz CT molecular complexity index is 217. The molecule has 0 heterocycles. The van der Waals surface area contributed by atoms with Gasteiger partial charge in [-0.15, -0.1) is 0 Å². The number of ether oxygens (including phenoxy) is 2. The Labute approximate surface area is 105 Å². The van der Waals surface area contributed by atoms with Crippen molar-refractivity contribution in [3.8, 4) is 0 Å². The molecule has 0 spiro atoms. The molecular formula is C13H28N2O2. The van der Waals surface area contributed by atoms with Crippen LogP contribution in [0.3, 0.4) is 0 Å². The SMILES string of the molecule is CCOCC(C)OCCCCC(C)(C)C(=N)N. The molecule has 0 rings (SSSR count). The maximum atomic E-state index is 7.45. The van der Waals surface area contributed by atoms with E-state index in [4.69, 9.17) is 20.6 Å². The summed E-state index contributed by atoms with van der Waals surface area (Å²) in [6.07, 6.45) is 3.14. The van der Waals surface area contributed by atoms with E-state index in [0.717, 1.165) is 32.5 Å². The van der Waals surface area contributed by atoms with Crippen molar-refractivity contribution >= 4 is 5.84 Å². The third-order valence-electron chi connectivity index (χ3n) is 2.88. The van der Waals surface area contributed by atoms with Gasteiger partial charge in [0, 0.05) is 18.6 Å². The fraction of sp³-hybridized carbons (Fsp3) is 0.923. The van der Waals surface area contributed by atoms with Crippen LogP contribution in [-0.4, -0.2) is 31.8 Å². The van der Waals surface area contributed by atoms with E-state index in [2.05, 4.69) is 0 Å². The summed E-state index contributed by atoms with van der Waals surface area (Å²) in [7, 11) is 0. The second kappa shape index (κ2) is 8.48. The molecule has 0 amide bonds. The predicted octanol–water partition coefficient (Wildman–Crippen LogP) is 2.56. The lowest BCUT2D eigenvalue weighted by Crippen LogP contribution is -2.30. The van der Waals surface area contributed by atoms with Crippen LogP contribution in [0.25, 0.3) is 0 Å². The molecule has 1 unspecified atom stereocenters. The van der Waals surface area contributed by atoms with Gasteiger partial charge in [-0.3, -0.25) is 5.41 Å². The molecule has 0 aliphatic heterocycles. The summed E-state index contributed by atoms with van der Waals surface area (Å²) in [5.41, 5.74) is 5.34. The summed E-state index contributed by atoms with van der Waals surface area (Å²) in [6, 6.07) is 0. The summed E-state index contributed by atoms with van der Waals surface area (Å²) in [6.45, 7) is 10.2. The first-order valence-corrected chi connectivity index (χ1v) is 6.44. The maximum absolute atomic E-state index is 7.45. The number of hydrogen-bond donors (Lipinski definition) is 2. The second-order valence-corrected chi connectivity index (χ2v) is 5.10. The molecule has 17 heavy (non-hydrogen) atoms. The zero-order chi connectivity index (χ0) is 13.3. The van der Waals surface area contributed by atoms with Crippen molar-refractivity contribution in [3.05, 3.63) is 0 Å². The molecule has 3 N–H and O–H groups in total. The first kappa shape index (κ1) is 16.4. The van der Waals surface area contributed by atoms with Crippen LogP contribution in [0.5, 0.6) is 0 Å². The number of unbranched alkanes of at least 4 members (excludes halogenated alkanes) is 1. The van der Waals surface area contributed by atoms with Crippen LogP contribution in [0.1, 0.15) is 47.0 Å². The molecule has 0 aromatic rings. The number of rotatable bonds is 10. The molecule has 0 saturated heterocycles. The van der Waals surface area contributed by atoms with Gasteiger partial charge in [-0.25, -0.2) is 0 Å². The summed E-state index contributed by atoms with van der Waals surface area (Å²) in [5.74, 6) is 0.267. The first-order chi connectivity index (χ1) is 7.90. The highest BCUT2D eigenvalue weighted by atomic mass is 16.5. The Hall–Kier alpha value is -0.610. The number of amidine groups is 1. The molecule has 4 heteroatoms. The van der Waals surface area contributed by atoms with Crippen LogP contribution in [0.4, 0.5) is 0 Å². The average molecular weight is 244 g/mol. The Morgan fingerprint density at radius 3 is 2.53 bits per heavy atom. The van der Waals surface area contributed by atoms with Gasteiger partial charge in [-0.05, 0) is 26.7 Å². The quantitative estimate of drug-likeness (QED) is 0.352. The van der Waals surface area contributed by atoms with E-state index < -0.39 is 0 Å². The van der Waals surface area contributed by atoms with Crippen LogP contribution in [0.15, 0.2) is 0 Å². The minimum absolute atomic E-state index is 0.163. The van der Waals surface area contributed by atoms with Crippen molar-refractivity contribution in [2.24, 2.45) is 11.1 Å². The van der Waals surface area contributed by atoms with Gasteiger partial charge < -0.3 is 15.2 Å². The smallest absolute Gasteiger partial charge is 0.0963 e. The van der Waals surface area contributed by atoms with Gasteiger partial charge in [0.15, 0.2) is 0 Å². The van der Waals surface area contributed by atoms with Crippen molar-refractivity contribution in [1.82, 2.24) is 0 Å². The summed E-state index contributed by atoms with van der Waals surface area (Å²) in [4.78, 5) is 0. The Kier molecular flexibility index (Phi) is 8.17. The zero-order valence-electron chi connectivity index (χ0n) is 11.7. The lowest BCUT2D eigenvalue weighted by molar-refractivity contribution is -0.00485. The summed E-state index contributed by atoms with van der Waals surface area (Å²) >= 11 is 0. The third kappa shape index (κ3) is 8.16. The van der Waals surface area contributed by atoms with Gasteiger partial charge in [0.1, 0.15) is 0 Å². The third-order valence-corrected chi connectivity index (χ3v) is 2.88. The Morgan fingerprint density at radius 1 is 1.35 bits per heavy atom. The van der Waals surface area contributed by atoms with Gasteiger partial charge in [0.25, 0.3) is 0 Å². The standard InChI is InChI=1S/C13H28N2O2/c1-5-16-10-11(2)17-9-7-6-8-13(3,4)12(14)15/h11H,5-10H2,1-4H3,(H3,14,15). The molecule has 0 aliphatic carbocycles. The summed E-state index contributed by atoms with van der Waals surface area (Å²) < 4.78 is 10.9. The van der Waals surface area contributed by atoms with Gasteiger partial charge in [-0.2, -0.15) is 0 Å². The Morgan fingerprint density at radius 2 is 2.00 bits per heavy atom. The average Bonchev–Trinajstić information content (AvgIpc) is 2.25. The van der Waals surface area contributed by atoms with Gasteiger partial charge in [-0.1, -0.05) is 20.3 Å². The van der Waals surface area contributed by atoms with Crippen LogP contribution in [-0.2, 0) is 9.47 Å². The van der Waals surface area contributed by atoms with Gasteiger partial charge in [0.2, 0.25) is 0 Å². The van der Waals surface area contributed by atoms with Crippen LogP contribution < -0.4 is 5.73 Å². The van der Waals surface area contributed by atoms with Crippen molar-refractivity contribution in [2.75, 3.05) is 19.8 Å². The largest absolute Gasteiger partial charge is 0.387 e. The zero-order valence-corrected chi connectivity index (χ0v) is 11.7. The van der Waals surface area contributed by atoms with Gasteiger partial charge >= 0.3 is 0 Å². The lowest BCUT2D eigenvalue weighted by atomic mass is 9.86. The molecule has 0 aromatic heterocycles. The van der Waals surface area contributed by atoms with Gasteiger partial charge in [0.05, 0.1) is 18.5 Å². The molecule has 0 bridgehead atoms. The minimum Gasteiger partial charge on any atom is -0.387 e. The number of hydrogen-bond acceptors (Lipinski definition) is 3. The number of nitrogens with two attached hydrogens (primary N) is 1. The second-order valence-electron chi connectivity index (χ2n) is 5.10. The van der Waals surface area contributed by atoms with Crippen LogP contribution in [0.2, 0.25) is 0 Å². The molecule has 0 fully saturated rings. The highest BCUT2D eigenvalue weighted by Crippen LogP contribution is 2.22. The van der Waals surface area contributed by atoms with E-state index in [1.807, 2.05) is 27.7 Å². The fourth-order valence-electron chi connectivity index (χ4n) is 1.42. The van der Waals surface area contributed by atoms with Crippen molar-refractivity contribution in [1.29, 1.82) is 5.41 Å². The van der Waals surface area contributed by atoms with E-state index in [0.29, 0.717) is 6.61 Å². The number of nitrogens with one attached hydrogen (secondary N) is 1. The molecule has 0 aliphatic rings. The van der Waals surface area contributed by atoms with E-state index in [1.54, 1.807) is 0 Å². The van der Waals surface area contributed by atoms with Crippen LogP contribution >= 0.6 is 0 Å². The van der Waals surface area contributed by atoms with Crippen LogP contribution in [0, 0.1) is 10.8 Å². The summed E-state index contributed by atoms with van der Waals surface area (Å²) in [5, 5.41) is 7.45. The minimum atomic E-state index is -0.184. The van der Waals surface area contributed by atoms with E-state index in [-0.39, 0.29) is 17.4 Å². The molecule has 0 saturated carbocycles. The molecule has 1 atom stereocenters.